The standard InChI is InChI=1S/C27H27BrFN5O4S/c1-13(32-6-7-38-12-20(32)35)18-10-17-25(34(18)24-15-9-19(24)33(11-15)27(36)37)16-8-14(4-3-5-30)21(28)22(29)23(16)31-26(17)39-2/h8,10,13,15,19,24H,3-4,6-7,9,11-12H2,1-2H3,(H,36,37)/t13-,15-,19-,24+/m1/s1. The van der Waals surface area contributed by atoms with Crippen molar-refractivity contribution in [3.63, 3.8) is 0 Å². The first kappa shape index (κ1) is 26.3. The number of hydrogen-bond acceptors (Lipinski definition) is 6. The number of halogens is 2. The molecule has 204 valence electrons. The number of benzene rings is 1. The van der Waals surface area contributed by atoms with Crippen LogP contribution in [0.15, 0.2) is 21.6 Å². The summed E-state index contributed by atoms with van der Waals surface area (Å²) in [5, 5.41) is 21.2. The van der Waals surface area contributed by atoms with Crippen LogP contribution in [0.25, 0.3) is 21.8 Å². The molecule has 1 N–H and O–H groups in total. The van der Waals surface area contributed by atoms with E-state index in [9.17, 15) is 20.0 Å². The van der Waals surface area contributed by atoms with Gasteiger partial charge in [0.25, 0.3) is 0 Å². The molecule has 2 aromatic heterocycles. The van der Waals surface area contributed by atoms with Crippen molar-refractivity contribution in [2.45, 2.75) is 49.3 Å². The summed E-state index contributed by atoms with van der Waals surface area (Å²) >= 11 is 4.81. The van der Waals surface area contributed by atoms with Gasteiger partial charge in [-0.15, -0.1) is 11.8 Å². The number of aromatic nitrogens is 2. The largest absolute Gasteiger partial charge is 0.465 e. The molecule has 39 heavy (non-hydrogen) atoms. The second-order valence-corrected chi connectivity index (χ2v) is 11.9. The Bertz CT molecular complexity index is 1570. The lowest BCUT2D eigenvalue weighted by Gasteiger charge is -2.41. The van der Waals surface area contributed by atoms with Crippen LogP contribution in [0, 0.1) is 23.1 Å². The summed E-state index contributed by atoms with van der Waals surface area (Å²) in [5.41, 5.74) is 2.57. The maximum absolute atomic E-state index is 15.8. The van der Waals surface area contributed by atoms with E-state index in [1.165, 1.54) is 16.7 Å². The summed E-state index contributed by atoms with van der Waals surface area (Å²) in [6.07, 6.45) is 2.35. The number of carboxylic acid groups (broad SMARTS) is 1. The van der Waals surface area contributed by atoms with E-state index in [1.807, 2.05) is 25.3 Å². The number of carbonyl (C=O) groups excluding carboxylic acids is 1. The first-order valence-corrected chi connectivity index (χ1v) is 14.9. The van der Waals surface area contributed by atoms with E-state index in [0.717, 1.165) is 23.0 Å². The van der Waals surface area contributed by atoms with Gasteiger partial charge in [-0.2, -0.15) is 5.26 Å². The summed E-state index contributed by atoms with van der Waals surface area (Å²) in [5.74, 6) is -0.462. The lowest BCUT2D eigenvalue weighted by Crippen LogP contribution is -2.45. The van der Waals surface area contributed by atoms with Crippen LogP contribution in [-0.4, -0.2) is 75.1 Å². The minimum atomic E-state index is -0.940. The molecule has 2 amide bonds. The Hall–Kier alpha value is -2.88. The Labute approximate surface area is 237 Å². The normalized spacial score (nSPS) is 23.4. The molecule has 4 aliphatic rings. The van der Waals surface area contributed by atoms with E-state index in [0.29, 0.717) is 46.6 Å². The second kappa shape index (κ2) is 9.94. The zero-order valence-electron chi connectivity index (χ0n) is 21.5. The molecule has 0 spiro atoms. The number of morpholine rings is 1. The third-order valence-electron chi connectivity index (χ3n) is 8.44. The number of ether oxygens (including phenoxy) is 1. The SMILES string of the molecule is CSc1nc2c(F)c(Br)c(CCC#N)cc2c2c1cc([C@@H](C)N1CCOCC1=O)n2[C@H]1[C@@H]2C[C@H]1N(C(=O)O)C2. The molecule has 7 rings (SSSR count). The number of amides is 2. The number of carbonyl (C=O) groups is 2. The van der Waals surface area contributed by atoms with E-state index in [1.54, 1.807) is 4.90 Å². The summed E-state index contributed by atoms with van der Waals surface area (Å²) < 4.78 is 23.7. The first-order chi connectivity index (χ1) is 18.8. The maximum atomic E-state index is 15.8. The molecule has 3 aliphatic heterocycles. The fraction of sp³-hybridized carbons (Fsp3) is 0.481. The van der Waals surface area contributed by atoms with Crippen LogP contribution in [0.5, 0.6) is 0 Å². The van der Waals surface area contributed by atoms with Crippen molar-refractivity contribution in [1.82, 2.24) is 19.4 Å². The zero-order chi connectivity index (χ0) is 27.6. The molecule has 5 heterocycles. The predicted molar refractivity (Wildman–Crippen MR) is 147 cm³/mol. The Morgan fingerprint density at radius 2 is 2.21 bits per heavy atom. The van der Waals surface area contributed by atoms with Crippen LogP contribution in [0.4, 0.5) is 9.18 Å². The van der Waals surface area contributed by atoms with Gasteiger partial charge in [0.2, 0.25) is 5.91 Å². The van der Waals surface area contributed by atoms with Gasteiger partial charge in [0.05, 0.1) is 40.8 Å². The topological polar surface area (TPSA) is 112 Å². The summed E-state index contributed by atoms with van der Waals surface area (Å²) in [6.45, 7) is 3.34. The van der Waals surface area contributed by atoms with Gasteiger partial charge in [-0.1, -0.05) is 0 Å². The van der Waals surface area contributed by atoms with Crippen LogP contribution < -0.4 is 0 Å². The average Bonchev–Trinajstić information content (AvgIpc) is 3.63. The third kappa shape index (κ3) is 4.00. The molecular weight excluding hydrogens is 589 g/mol. The monoisotopic (exact) mass is 615 g/mol. The van der Waals surface area contributed by atoms with Gasteiger partial charge < -0.3 is 24.2 Å². The van der Waals surface area contributed by atoms with Crippen molar-refractivity contribution in [2.24, 2.45) is 5.92 Å². The third-order valence-corrected chi connectivity index (χ3v) is 9.99. The highest BCUT2D eigenvalue weighted by atomic mass is 79.9. The number of hydrogen-bond donors (Lipinski definition) is 1. The zero-order valence-corrected chi connectivity index (χ0v) is 23.9. The molecule has 1 aromatic carbocycles. The smallest absolute Gasteiger partial charge is 0.407 e. The highest BCUT2D eigenvalue weighted by Gasteiger charge is 2.56. The lowest BCUT2D eigenvalue weighted by atomic mass is 9.79. The van der Waals surface area contributed by atoms with Gasteiger partial charge in [-0.05, 0) is 59.6 Å². The van der Waals surface area contributed by atoms with Crippen LogP contribution in [0.2, 0.25) is 0 Å². The molecule has 9 nitrogen and oxygen atoms in total. The Morgan fingerprint density at radius 3 is 2.87 bits per heavy atom. The van der Waals surface area contributed by atoms with Crippen LogP contribution in [0.1, 0.15) is 43.1 Å². The number of pyridine rings is 1. The number of thioether (sulfide) groups is 1. The van der Waals surface area contributed by atoms with Gasteiger partial charge in [0, 0.05) is 41.9 Å². The van der Waals surface area contributed by atoms with Crippen molar-refractivity contribution < 1.29 is 23.8 Å². The molecule has 3 aromatic rings. The van der Waals surface area contributed by atoms with Crippen LogP contribution in [-0.2, 0) is 16.0 Å². The Morgan fingerprint density at radius 1 is 1.41 bits per heavy atom. The average molecular weight is 617 g/mol. The molecule has 2 bridgehead atoms. The van der Waals surface area contributed by atoms with Gasteiger partial charge in [0.1, 0.15) is 17.1 Å². The molecule has 1 aliphatic carbocycles. The number of nitriles is 1. The molecule has 4 atom stereocenters. The van der Waals surface area contributed by atoms with Crippen molar-refractivity contribution >= 4 is 61.5 Å². The summed E-state index contributed by atoms with van der Waals surface area (Å²) in [4.78, 5) is 32.9. The van der Waals surface area contributed by atoms with Crippen LogP contribution >= 0.6 is 27.7 Å². The van der Waals surface area contributed by atoms with Crippen molar-refractivity contribution in [3.05, 3.63) is 33.7 Å². The molecule has 0 radical (unpaired) electrons. The maximum Gasteiger partial charge on any atom is 0.407 e. The van der Waals surface area contributed by atoms with Crippen molar-refractivity contribution in [2.75, 3.05) is 32.6 Å². The van der Waals surface area contributed by atoms with Gasteiger partial charge in [0.15, 0.2) is 5.82 Å². The Balaban J connectivity index is 1.65. The lowest BCUT2D eigenvalue weighted by molar-refractivity contribution is -0.145. The number of fused-ring (bicyclic) bond motifs is 4. The fourth-order valence-electron chi connectivity index (χ4n) is 6.57. The van der Waals surface area contributed by atoms with E-state index in [-0.39, 0.29) is 48.5 Å². The van der Waals surface area contributed by atoms with Crippen molar-refractivity contribution in [3.8, 4) is 6.07 Å². The Kier molecular flexibility index (Phi) is 6.72. The summed E-state index contributed by atoms with van der Waals surface area (Å²) in [7, 11) is 0. The van der Waals surface area contributed by atoms with E-state index in [4.69, 9.17) is 9.72 Å². The minimum Gasteiger partial charge on any atom is -0.465 e. The van der Waals surface area contributed by atoms with Crippen molar-refractivity contribution in [1.29, 1.82) is 5.26 Å². The number of aryl methyl sites for hydroxylation is 1. The molecule has 3 saturated heterocycles. The predicted octanol–water partition coefficient (Wildman–Crippen LogP) is 5.11. The molecular formula is C27H27BrFN5O4S. The highest BCUT2D eigenvalue weighted by molar-refractivity contribution is 9.10. The van der Waals surface area contributed by atoms with E-state index >= 15 is 4.39 Å². The number of rotatable bonds is 6. The first-order valence-electron chi connectivity index (χ1n) is 12.9. The van der Waals surface area contributed by atoms with Gasteiger partial charge >= 0.3 is 6.09 Å². The minimum absolute atomic E-state index is 0.0219. The highest BCUT2D eigenvalue weighted by Crippen LogP contribution is 2.53. The van der Waals surface area contributed by atoms with Gasteiger partial charge in [-0.3, -0.25) is 4.79 Å². The molecule has 4 fully saturated rings. The van der Waals surface area contributed by atoms with Gasteiger partial charge in [-0.25, -0.2) is 14.2 Å². The van der Waals surface area contributed by atoms with E-state index < -0.39 is 11.9 Å². The van der Waals surface area contributed by atoms with E-state index in [2.05, 4.69) is 26.6 Å². The quantitative estimate of drug-likeness (QED) is 0.383. The molecule has 0 unspecified atom stereocenters. The van der Waals surface area contributed by atoms with Crippen LogP contribution in [0.3, 0.4) is 0 Å². The molecule has 12 heteroatoms. The second-order valence-electron chi connectivity index (χ2n) is 10.3. The fourth-order valence-corrected chi connectivity index (χ4v) is 7.62. The summed E-state index contributed by atoms with van der Waals surface area (Å²) in [6, 6.07) is 5.43. The number of nitrogens with zero attached hydrogens (tertiary/aromatic N) is 5. The molecule has 1 saturated carbocycles.